The monoisotopic (exact) mass is 570 g/mol. The summed E-state index contributed by atoms with van der Waals surface area (Å²) < 4.78 is 12.8. The lowest BCUT2D eigenvalue weighted by Crippen LogP contribution is -2.17. The number of amides is 2. The molecule has 0 saturated carbocycles. The van der Waals surface area contributed by atoms with Crippen molar-refractivity contribution in [2.75, 3.05) is 13.2 Å². The lowest BCUT2D eigenvalue weighted by atomic mass is 10.1. The zero-order valence-electron chi connectivity index (χ0n) is 20.0. The number of hydrogen-bond donors (Lipinski definition) is 2. The molecule has 2 fully saturated rings. The van der Waals surface area contributed by atoms with Crippen LogP contribution in [0.4, 0.5) is 0 Å². The molecular formula is C27H26N2O4S4. The van der Waals surface area contributed by atoms with Gasteiger partial charge in [-0.05, 0) is 60.4 Å². The first-order valence-corrected chi connectivity index (χ1v) is 14.4. The standard InChI is InChI=1S/C27H26N2O4S4/c30-24-22(36-26(34)28-24)16-18-8-6-10-20(14-18)32-12-4-2-1-3-5-13-33-21-11-7-9-19(15-21)17-23-25(31)29-27(35)37-23/h6-11,14-17H,1-5,12-13H2,(H,28,30,34)(H,29,31,35)/b22-16+,23-17+. The average molecular weight is 571 g/mol. The van der Waals surface area contributed by atoms with Crippen molar-refractivity contribution in [3.05, 3.63) is 69.5 Å². The molecular weight excluding hydrogens is 545 g/mol. The van der Waals surface area contributed by atoms with Gasteiger partial charge < -0.3 is 20.1 Å². The molecule has 0 radical (unpaired) electrons. The molecule has 6 nitrogen and oxygen atoms in total. The maximum atomic E-state index is 11.8. The average Bonchev–Trinajstić information content (AvgIpc) is 3.36. The summed E-state index contributed by atoms with van der Waals surface area (Å²) in [5, 5.41) is 5.25. The molecule has 2 aromatic carbocycles. The highest BCUT2D eigenvalue weighted by atomic mass is 32.2. The molecule has 2 aromatic rings. The van der Waals surface area contributed by atoms with Crippen LogP contribution in [-0.2, 0) is 9.59 Å². The van der Waals surface area contributed by atoms with Crippen LogP contribution in [0.3, 0.4) is 0 Å². The lowest BCUT2D eigenvalue weighted by Gasteiger charge is -2.08. The highest BCUT2D eigenvalue weighted by Crippen LogP contribution is 2.28. The number of ether oxygens (including phenoxy) is 2. The quantitative estimate of drug-likeness (QED) is 0.181. The minimum atomic E-state index is -0.155. The highest BCUT2D eigenvalue weighted by Gasteiger charge is 2.22. The van der Waals surface area contributed by atoms with Gasteiger partial charge in [-0.1, -0.05) is 91.5 Å². The molecule has 37 heavy (non-hydrogen) atoms. The summed E-state index contributed by atoms with van der Waals surface area (Å²) in [6.45, 7) is 1.30. The van der Waals surface area contributed by atoms with Crippen molar-refractivity contribution in [1.29, 1.82) is 0 Å². The second kappa shape index (κ2) is 13.8. The van der Waals surface area contributed by atoms with Crippen molar-refractivity contribution in [3.63, 3.8) is 0 Å². The van der Waals surface area contributed by atoms with Crippen LogP contribution < -0.4 is 20.1 Å². The minimum absolute atomic E-state index is 0.155. The SMILES string of the molecule is O=C1NC(=S)S/C1=C/c1cccc(OCCCCCCCOc2cccc(/C=C3/SC(=S)NC3=O)c2)c1. The van der Waals surface area contributed by atoms with Gasteiger partial charge in [0, 0.05) is 0 Å². The molecule has 4 rings (SSSR count). The van der Waals surface area contributed by atoms with E-state index in [2.05, 4.69) is 10.6 Å². The summed E-state index contributed by atoms with van der Waals surface area (Å²) in [4.78, 5) is 24.9. The Labute approximate surface area is 235 Å². The number of hydrogen-bond acceptors (Lipinski definition) is 8. The van der Waals surface area contributed by atoms with Crippen LogP contribution in [0.2, 0.25) is 0 Å². The highest BCUT2D eigenvalue weighted by molar-refractivity contribution is 8.27. The molecule has 2 saturated heterocycles. The zero-order chi connectivity index (χ0) is 26.0. The molecule has 0 aromatic heterocycles. The van der Waals surface area contributed by atoms with Gasteiger partial charge >= 0.3 is 0 Å². The predicted molar refractivity (Wildman–Crippen MR) is 160 cm³/mol. The Hall–Kier alpha value is -2.66. The third-order valence-electron chi connectivity index (χ3n) is 5.42. The normalized spacial score (nSPS) is 17.4. The minimum Gasteiger partial charge on any atom is -0.494 e. The molecule has 0 spiro atoms. The number of unbranched alkanes of at least 4 members (excludes halogenated alkanes) is 4. The number of thioether (sulfide) groups is 2. The molecule has 2 N–H and O–H groups in total. The molecule has 2 aliphatic rings. The molecule has 0 aliphatic carbocycles. The van der Waals surface area contributed by atoms with Crippen molar-refractivity contribution < 1.29 is 19.1 Å². The van der Waals surface area contributed by atoms with Crippen LogP contribution in [0.5, 0.6) is 11.5 Å². The molecule has 10 heteroatoms. The van der Waals surface area contributed by atoms with E-state index in [1.165, 1.54) is 23.5 Å². The Morgan fingerprint density at radius 2 is 1.11 bits per heavy atom. The van der Waals surface area contributed by atoms with E-state index in [4.69, 9.17) is 33.9 Å². The molecule has 2 heterocycles. The van der Waals surface area contributed by atoms with Crippen molar-refractivity contribution in [2.45, 2.75) is 32.1 Å². The predicted octanol–water partition coefficient (Wildman–Crippen LogP) is 6.07. The fraction of sp³-hybridized carbons (Fsp3) is 0.259. The lowest BCUT2D eigenvalue weighted by molar-refractivity contribution is -0.116. The summed E-state index contributed by atoms with van der Waals surface area (Å²) in [6, 6.07) is 15.4. The largest absolute Gasteiger partial charge is 0.494 e. The number of benzene rings is 2. The summed E-state index contributed by atoms with van der Waals surface area (Å²) in [5.41, 5.74) is 1.82. The van der Waals surface area contributed by atoms with E-state index in [1.54, 1.807) is 0 Å². The van der Waals surface area contributed by atoms with Gasteiger partial charge in [-0.15, -0.1) is 0 Å². The van der Waals surface area contributed by atoms with Crippen LogP contribution in [0.1, 0.15) is 43.2 Å². The molecule has 0 atom stereocenters. The Kier molecular flexibility index (Phi) is 10.2. The number of thiocarbonyl (C=S) groups is 2. The van der Waals surface area contributed by atoms with E-state index >= 15 is 0 Å². The fourth-order valence-electron chi connectivity index (χ4n) is 3.65. The molecule has 2 amide bonds. The van der Waals surface area contributed by atoms with Crippen molar-refractivity contribution in [1.82, 2.24) is 10.6 Å². The van der Waals surface area contributed by atoms with Crippen LogP contribution in [0.25, 0.3) is 12.2 Å². The number of nitrogens with one attached hydrogen (secondary N) is 2. The van der Waals surface area contributed by atoms with Gasteiger partial charge in [0.2, 0.25) is 0 Å². The van der Waals surface area contributed by atoms with E-state index in [0.29, 0.717) is 31.7 Å². The number of carbonyl (C=O) groups is 2. The summed E-state index contributed by atoms with van der Waals surface area (Å²) in [7, 11) is 0. The van der Waals surface area contributed by atoms with E-state index in [1.807, 2.05) is 60.7 Å². The van der Waals surface area contributed by atoms with Crippen molar-refractivity contribution in [2.24, 2.45) is 0 Å². The molecule has 0 unspecified atom stereocenters. The zero-order valence-corrected chi connectivity index (χ0v) is 23.3. The molecule has 2 aliphatic heterocycles. The first-order chi connectivity index (χ1) is 18.0. The Morgan fingerprint density at radius 1 is 0.676 bits per heavy atom. The third-order valence-corrected chi connectivity index (χ3v) is 7.75. The van der Waals surface area contributed by atoms with Crippen LogP contribution in [0, 0.1) is 0 Å². The van der Waals surface area contributed by atoms with Gasteiger partial charge in [-0.25, -0.2) is 0 Å². The van der Waals surface area contributed by atoms with E-state index in [9.17, 15) is 9.59 Å². The van der Waals surface area contributed by atoms with Crippen LogP contribution >= 0.6 is 48.0 Å². The van der Waals surface area contributed by atoms with E-state index in [0.717, 1.165) is 54.7 Å². The molecule has 192 valence electrons. The Morgan fingerprint density at radius 3 is 1.51 bits per heavy atom. The van der Waals surface area contributed by atoms with Gasteiger partial charge in [0.15, 0.2) is 0 Å². The summed E-state index contributed by atoms with van der Waals surface area (Å²) in [6.07, 6.45) is 8.89. The Balaban J connectivity index is 1.09. The first kappa shape index (κ1) is 27.4. The topological polar surface area (TPSA) is 76.7 Å². The third kappa shape index (κ3) is 8.70. The maximum absolute atomic E-state index is 11.8. The first-order valence-electron chi connectivity index (χ1n) is 11.9. The van der Waals surface area contributed by atoms with Crippen molar-refractivity contribution >= 4 is 80.6 Å². The van der Waals surface area contributed by atoms with Gasteiger partial charge in [-0.3, -0.25) is 9.59 Å². The van der Waals surface area contributed by atoms with Crippen LogP contribution in [0.15, 0.2) is 58.3 Å². The molecule has 0 bridgehead atoms. The summed E-state index contributed by atoms with van der Waals surface area (Å²) >= 11 is 12.6. The van der Waals surface area contributed by atoms with Crippen LogP contribution in [-0.4, -0.2) is 33.7 Å². The van der Waals surface area contributed by atoms with Gasteiger partial charge in [-0.2, -0.15) is 0 Å². The van der Waals surface area contributed by atoms with Crippen molar-refractivity contribution in [3.8, 4) is 11.5 Å². The van der Waals surface area contributed by atoms with Gasteiger partial charge in [0.05, 0.1) is 23.0 Å². The van der Waals surface area contributed by atoms with Gasteiger partial charge in [0.1, 0.15) is 20.1 Å². The second-order valence-electron chi connectivity index (χ2n) is 8.31. The van der Waals surface area contributed by atoms with Gasteiger partial charge in [0.25, 0.3) is 11.8 Å². The fourth-order valence-corrected chi connectivity index (χ4v) is 5.74. The second-order valence-corrected chi connectivity index (χ2v) is 11.8. The Bertz CT molecular complexity index is 1160. The van der Waals surface area contributed by atoms with E-state index in [-0.39, 0.29) is 11.8 Å². The number of rotatable bonds is 12. The smallest absolute Gasteiger partial charge is 0.263 e. The maximum Gasteiger partial charge on any atom is 0.263 e. The van der Waals surface area contributed by atoms with E-state index < -0.39 is 0 Å². The number of carbonyl (C=O) groups excluding carboxylic acids is 2. The summed E-state index contributed by atoms with van der Waals surface area (Å²) in [5.74, 6) is 1.28.